The highest BCUT2D eigenvalue weighted by Gasteiger charge is 2.48. The number of fused-ring (bicyclic) bond motifs is 1. The van der Waals surface area contributed by atoms with E-state index in [1.807, 2.05) is 50.3 Å². The summed E-state index contributed by atoms with van der Waals surface area (Å²) in [7, 11) is 0. The fourth-order valence-electron chi connectivity index (χ4n) is 3.31. The number of esters is 1. The molecule has 1 aromatic carbocycles. The first kappa shape index (κ1) is 18.5. The summed E-state index contributed by atoms with van der Waals surface area (Å²) in [6.07, 6.45) is 1.60. The maximum Gasteiger partial charge on any atom is 0.303 e. The predicted molar refractivity (Wildman–Crippen MR) is 96.0 cm³/mol. The van der Waals surface area contributed by atoms with Gasteiger partial charge in [0.15, 0.2) is 17.7 Å². The lowest BCUT2D eigenvalue weighted by molar-refractivity contribution is -0.149. The quantitative estimate of drug-likeness (QED) is 0.337. The Morgan fingerprint density at radius 2 is 2.08 bits per heavy atom. The molecular formula is C21H24O5. The Morgan fingerprint density at radius 1 is 1.35 bits per heavy atom. The van der Waals surface area contributed by atoms with Crippen molar-refractivity contribution in [2.45, 2.75) is 57.9 Å². The van der Waals surface area contributed by atoms with Crippen LogP contribution in [0.4, 0.5) is 0 Å². The minimum Gasteiger partial charge on any atom is -0.481 e. The summed E-state index contributed by atoms with van der Waals surface area (Å²) in [6.45, 7) is 9.16. The standard InChI is InChI=1S/C21H24O5/c1-5-17(23-13-15-9-7-6-8-10-15)19(24-14(2)22)16-11-12-18-20(16)26-21(3,4)25-18/h6-11,18-20H,1,12-13H2,2-4H3/t18-,19?,20+/m1/s1. The highest BCUT2D eigenvalue weighted by molar-refractivity contribution is 5.67. The third-order valence-corrected chi connectivity index (χ3v) is 4.33. The summed E-state index contributed by atoms with van der Waals surface area (Å²) in [5.74, 6) is -0.712. The van der Waals surface area contributed by atoms with Crippen molar-refractivity contribution in [2.24, 2.45) is 0 Å². The fourth-order valence-corrected chi connectivity index (χ4v) is 3.31. The van der Waals surface area contributed by atoms with Gasteiger partial charge >= 0.3 is 5.97 Å². The van der Waals surface area contributed by atoms with E-state index in [0.717, 1.165) is 11.1 Å². The van der Waals surface area contributed by atoms with E-state index in [-0.39, 0.29) is 12.2 Å². The van der Waals surface area contributed by atoms with Crippen LogP contribution >= 0.6 is 0 Å². The summed E-state index contributed by atoms with van der Waals surface area (Å²) in [5, 5.41) is 0. The largest absolute Gasteiger partial charge is 0.481 e. The highest BCUT2D eigenvalue weighted by Crippen LogP contribution is 2.41. The second kappa shape index (κ2) is 7.50. The van der Waals surface area contributed by atoms with Crippen molar-refractivity contribution in [1.29, 1.82) is 0 Å². The van der Waals surface area contributed by atoms with Crippen molar-refractivity contribution in [3.05, 3.63) is 65.6 Å². The molecule has 1 aliphatic heterocycles. The van der Waals surface area contributed by atoms with Gasteiger partial charge in [-0.1, -0.05) is 48.7 Å². The second-order valence-electron chi connectivity index (χ2n) is 6.84. The van der Waals surface area contributed by atoms with Crippen LogP contribution in [-0.4, -0.2) is 30.1 Å². The summed E-state index contributed by atoms with van der Waals surface area (Å²) >= 11 is 0. The summed E-state index contributed by atoms with van der Waals surface area (Å²) in [4.78, 5) is 11.7. The van der Waals surface area contributed by atoms with Gasteiger partial charge in [-0.15, -0.1) is 0 Å². The van der Waals surface area contributed by atoms with Crippen LogP contribution in [0.1, 0.15) is 32.8 Å². The minimum absolute atomic E-state index is 0.0850. The van der Waals surface area contributed by atoms with Crippen LogP contribution in [0.3, 0.4) is 0 Å². The zero-order valence-corrected chi connectivity index (χ0v) is 15.4. The molecule has 0 radical (unpaired) electrons. The number of hydrogen-bond donors (Lipinski definition) is 0. The molecule has 1 heterocycles. The van der Waals surface area contributed by atoms with Crippen LogP contribution in [0.25, 0.3) is 0 Å². The lowest BCUT2D eigenvalue weighted by atomic mass is 10.0. The van der Waals surface area contributed by atoms with Crippen LogP contribution < -0.4 is 0 Å². The lowest BCUT2D eigenvalue weighted by Crippen LogP contribution is -2.31. The molecule has 26 heavy (non-hydrogen) atoms. The average Bonchev–Trinajstić information content (AvgIpc) is 3.10. The molecule has 1 saturated heterocycles. The molecule has 2 aliphatic rings. The van der Waals surface area contributed by atoms with Crippen molar-refractivity contribution in [3.63, 3.8) is 0 Å². The molecule has 0 bridgehead atoms. The highest BCUT2D eigenvalue weighted by atomic mass is 16.8. The van der Waals surface area contributed by atoms with E-state index in [9.17, 15) is 4.79 Å². The van der Waals surface area contributed by atoms with Crippen LogP contribution in [0.2, 0.25) is 0 Å². The van der Waals surface area contributed by atoms with E-state index >= 15 is 0 Å². The summed E-state index contributed by atoms with van der Waals surface area (Å²) in [6, 6.07) is 9.74. The Kier molecular flexibility index (Phi) is 5.33. The zero-order chi connectivity index (χ0) is 18.7. The average molecular weight is 356 g/mol. The Hall–Kier alpha value is -2.33. The number of ether oxygens (including phenoxy) is 4. The smallest absolute Gasteiger partial charge is 0.303 e. The van der Waals surface area contributed by atoms with Crippen molar-refractivity contribution in [3.8, 4) is 0 Å². The van der Waals surface area contributed by atoms with Crippen molar-refractivity contribution >= 4 is 5.97 Å². The molecule has 138 valence electrons. The van der Waals surface area contributed by atoms with Gasteiger partial charge in [0.05, 0.1) is 6.10 Å². The third kappa shape index (κ3) is 4.07. The van der Waals surface area contributed by atoms with Crippen molar-refractivity contribution in [2.75, 3.05) is 0 Å². The Morgan fingerprint density at radius 3 is 2.73 bits per heavy atom. The molecule has 5 nitrogen and oxygen atoms in total. The van der Waals surface area contributed by atoms with E-state index in [1.54, 1.807) is 0 Å². The summed E-state index contributed by atoms with van der Waals surface area (Å²) < 4.78 is 23.3. The van der Waals surface area contributed by atoms with Gasteiger partial charge in [0, 0.05) is 12.5 Å². The van der Waals surface area contributed by atoms with E-state index < -0.39 is 17.9 Å². The normalized spacial score (nSPS) is 24.2. The van der Waals surface area contributed by atoms with E-state index in [0.29, 0.717) is 18.8 Å². The van der Waals surface area contributed by atoms with Gasteiger partial charge in [-0.2, -0.15) is 0 Å². The van der Waals surface area contributed by atoms with Gasteiger partial charge in [-0.3, -0.25) is 4.79 Å². The van der Waals surface area contributed by atoms with Gasteiger partial charge in [0.25, 0.3) is 0 Å². The monoisotopic (exact) mass is 356 g/mol. The number of carbonyl (C=O) groups excluding carboxylic acids is 1. The molecule has 0 spiro atoms. The van der Waals surface area contributed by atoms with E-state index in [4.69, 9.17) is 18.9 Å². The first-order valence-corrected chi connectivity index (χ1v) is 8.69. The van der Waals surface area contributed by atoms with Crippen LogP contribution in [0.5, 0.6) is 0 Å². The van der Waals surface area contributed by atoms with Crippen LogP contribution in [0.15, 0.2) is 60.1 Å². The molecule has 1 aromatic rings. The number of benzene rings is 1. The van der Waals surface area contributed by atoms with Gasteiger partial charge in [0.1, 0.15) is 12.7 Å². The molecule has 5 heteroatoms. The van der Waals surface area contributed by atoms with E-state index in [2.05, 4.69) is 12.3 Å². The predicted octanol–water partition coefficient (Wildman–Crippen LogP) is 3.65. The third-order valence-electron chi connectivity index (χ3n) is 4.33. The number of hydrogen-bond acceptors (Lipinski definition) is 5. The van der Waals surface area contributed by atoms with Gasteiger partial charge in [-0.05, 0) is 25.8 Å². The minimum atomic E-state index is -0.721. The lowest BCUT2D eigenvalue weighted by Gasteiger charge is -2.25. The molecule has 3 rings (SSSR count). The number of carbonyl (C=O) groups is 1. The first-order chi connectivity index (χ1) is 12.4. The Bertz CT molecular complexity index is 743. The topological polar surface area (TPSA) is 54.0 Å². The molecule has 0 amide bonds. The first-order valence-electron chi connectivity index (χ1n) is 8.69. The summed E-state index contributed by atoms with van der Waals surface area (Å²) in [5.41, 5.74) is 4.60. The molecule has 1 aliphatic carbocycles. The van der Waals surface area contributed by atoms with Crippen molar-refractivity contribution < 1.29 is 23.7 Å². The zero-order valence-electron chi connectivity index (χ0n) is 15.4. The molecule has 0 N–H and O–H groups in total. The molecule has 3 atom stereocenters. The molecule has 0 aromatic heterocycles. The van der Waals surface area contributed by atoms with Crippen molar-refractivity contribution in [1.82, 2.24) is 0 Å². The van der Waals surface area contributed by atoms with Gasteiger partial charge < -0.3 is 18.9 Å². The maximum atomic E-state index is 11.7. The van der Waals surface area contributed by atoms with Gasteiger partial charge in [-0.25, -0.2) is 0 Å². The van der Waals surface area contributed by atoms with E-state index in [1.165, 1.54) is 6.92 Å². The maximum absolute atomic E-state index is 11.7. The Labute approximate surface area is 153 Å². The van der Waals surface area contributed by atoms with Crippen LogP contribution in [0, 0.1) is 0 Å². The molecular weight excluding hydrogens is 332 g/mol. The van der Waals surface area contributed by atoms with Crippen LogP contribution in [-0.2, 0) is 30.3 Å². The molecule has 0 saturated carbocycles. The number of rotatable bonds is 6. The van der Waals surface area contributed by atoms with Gasteiger partial charge in [0.2, 0.25) is 0 Å². The molecule has 1 fully saturated rings. The Balaban J connectivity index is 1.79. The molecule has 1 unspecified atom stereocenters. The fraction of sp³-hybridized carbons (Fsp3) is 0.429. The second-order valence-corrected chi connectivity index (χ2v) is 6.84. The SMILES string of the molecule is C=C=C(OCc1ccccc1)C(OC(C)=O)C1=CC[C@H]2OC(C)(C)O[C@@H]12.